The highest BCUT2D eigenvalue weighted by Crippen LogP contribution is 2.17. The van der Waals surface area contributed by atoms with E-state index < -0.39 is 0 Å². The summed E-state index contributed by atoms with van der Waals surface area (Å²) in [6.45, 7) is 3.13. The molecule has 0 atom stereocenters. The lowest BCUT2D eigenvalue weighted by Crippen LogP contribution is -2.23. The van der Waals surface area contributed by atoms with Crippen molar-refractivity contribution >= 4 is 22.9 Å². The number of thiophene rings is 1. The Hall–Kier alpha value is -1.82. The molecule has 96 valence electrons. The third-order valence-electron chi connectivity index (χ3n) is 2.64. The standard InChI is InChI=1S/C12H16N4OS/c1-9-3-4-18-11(9)6-14-10-5-15-16(7-10)8-12(17)13-2/h3-5,7,14H,6,8H2,1-2H3,(H,13,17). The molecule has 0 radical (unpaired) electrons. The van der Waals surface area contributed by atoms with Gasteiger partial charge in [0.1, 0.15) is 6.54 Å². The maximum atomic E-state index is 11.2. The normalized spacial score (nSPS) is 10.3. The summed E-state index contributed by atoms with van der Waals surface area (Å²) in [5.41, 5.74) is 2.22. The van der Waals surface area contributed by atoms with Crippen molar-refractivity contribution < 1.29 is 4.79 Å². The molecule has 0 spiro atoms. The van der Waals surface area contributed by atoms with Crippen molar-refractivity contribution in [2.75, 3.05) is 12.4 Å². The van der Waals surface area contributed by atoms with Crippen molar-refractivity contribution in [2.24, 2.45) is 0 Å². The summed E-state index contributed by atoms with van der Waals surface area (Å²) in [5, 5.41) is 12.1. The van der Waals surface area contributed by atoms with E-state index in [-0.39, 0.29) is 12.5 Å². The molecule has 5 nitrogen and oxygen atoms in total. The van der Waals surface area contributed by atoms with Gasteiger partial charge in [0.15, 0.2) is 0 Å². The molecule has 0 aliphatic carbocycles. The van der Waals surface area contributed by atoms with Crippen LogP contribution in [-0.4, -0.2) is 22.7 Å². The predicted octanol–water partition coefficient (Wildman–Crippen LogP) is 1.61. The van der Waals surface area contributed by atoms with Gasteiger partial charge in [-0.2, -0.15) is 5.10 Å². The van der Waals surface area contributed by atoms with Crippen molar-refractivity contribution in [3.05, 3.63) is 34.3 Å². The Morgan fingerprint density at radius 3 is 3.06 bits per heavy atom. The first kappa shape index (κ1) is 12.6. The number of nitrogens with zero attached hydrogens (tertiary/aromatic N) is 2. The third kappa shape index (κ3) is 3.10. The van der Waals surface area contributed by atoms with Crippen LogP contribution in [0.1, 0.15) is 10.4 Å². The zero-order chi connectivity index (χ0) is 13.0. The summed E-state index contributed by atoms with van der Waals surface area (Å²) in [7, 11) is 1.62. The molecule has 0 saturated heterocycles. The molecule has 2 rings (SSSR count). The van der Waals surface area contributed by atoms with E-state index in [0.717, 1.165) is 12.2 Å². The Morgan fingerprint density at radius 1 is 1.56 bits per heavy atom. The first-order valence-corrected chi connectivity index (χ1v) is 6.57. The fourth-order valence-electron chi connectivity index (χ4n) is 1.54. The van der Waals surface area contributed by atoms with E-state index in [2.05, 4.69) is 34.1 Å². The van der Waals surface area contributed by atoms with Crippen LogP contribution >= 0.6 is 11.3 Å². The summed E-state index contributed by atoms with van der Waals surface area (Å²) >= 11 is 1.74. The van der Waals surface area contributed by atoms with E-state index in [0.29, 0.717) is 0 Å². The highest BCUT2D eigenvalue weighted by Gasteiger charge is 2.04. The van der Waals surface area contributed by atoms with Crippen LogP contribution in [-0.2, 0) is 17.9 Å². The topological polar surface area (TPSA) is 59.0 Å². The largest absolute Gasteiger partial charge is 0.378 e. The van der Waals surface area contributed by atoms with Crippen molar-refractivity contribution in [3.8, 4) is 0 Å². The predicted molar refractivity (Wildman–Crippen MR) is 72.7 cm³/mol. The third-order valence-corrected chi connectivity index (χ3v) is 3.66. The van der Waals surface area contributed by atoms with Gasteiger partial charge in [0.05, 0.1) is 11.9 Å². The van der Waals surface area contributed by atoms with Crippen molar-refractivity contribution in [2.45, 2.75) is 20.0 Å². The number of hydrogen-bond acceptors (Lipinski definition) is 4. The van der Waals surface area contributed by atoms with Crippen LogP contribution in [0.2, 0.25) is 0 Å². The minimum atomic E-state index is -0.0567. The molecule has 0 aromatic carbocycles. The summed E-state index contributed by atoms with van der Waals surface area (Å²) in [6.07, 6.45) is 3.56. The number of carbonyl (C=O) groups excluding carboxylic acids is 1. The fraction of sp³-hybridized carbons (Fsp3) is 0.333. The molecule has 0 bridgehead atoms. The number of likely N-dealkylation sites (N-methyl/N-ethyl adjacent to an activating group) is 1. The molecule has 2 aromatic heterocycles. The number of carbonyl (C=O) groups is 1. The molecule has 2 aromatic rings. The lowest BCUT2D eigenvalue weighted by Gasteiger charge is -2.02. The van der Waals surface area contributed by atoms with Crippen LogP contribution < -0.4 is 10.6 Å². The first-order chi connectivity index (χ1) is 8.69. The second-order valence-corrected chi connectivity index (χ2v) is 4.98. The summed E-state index contributed by atoms with van der Waals surface area (Å²) in [4.78, 5) is 12.5. The molecule has 1 amide bonds. The van der Waals surface area contributed by atoms with Crippen LogP contribution in [0.3, 0.4) is 0 Å². The number of amides is 1. The minimum Gasteiger partial charge on any atom is -0.378 e. The number of nitrogens with one attached hydrogen (secondary N) is 2. The van der Waals surface area contributed by atoms with Gasteiger partial charge in [0.2, 0.25) is 5.91 Å². The summed E-state index contributed by atoms with van der Waals surface area (Å²) in [5.74, 6) is -0.0567. The second-order valence-electron chi connectivity index (χ2n) is 3.98. The smallest absolute Gasteiger partial charge is 0.241 e. The van der Waals surface area contributed by atoms with Gasteiger partial charge in [-0.3, -0.25) is 9.48 Å². The molecule has 0 aliphatic rings. The lowest BCUT2D eigenvalue weighted by molar-refractivity contribution is -0.121. The lowest BCUT2D eigenvalue weighted by atomic mass is 10.3. The highest BCUT2D eigenvalue weighted by atomic mass is 32.1. The van der Waals surface area contributed by atoms with E-state index in [4.69, 9.17) is 0 Å². The van der Waals surface area contributed by atoms with E-state index in [1.807, 2.05) is 6.20 Å². The van der Waals surface area contributed by atoms with Gasteiger partial charge in [-0.25, -0.2) is 0 Å². The van der Waals surface area contributed by atoms with Crippen molar-refractivity contribution in [1.29, 1.82) is 0 Å². The quantitative estimate of drug-likeness (QED) is 0.862. The molecule has 2 N–H and O–H groups in total. The van der Waals surface area contributed by atoms with Gasteiger partial charge in [0, 0.05) is 24.7 Å². The highest BCUT2D eigenvalue weighted by molar-refractivity contribution is 7.10. The van der Waals surface area contributed by atoms with Gasteiger partial charge in [-0.1, -0.05) is 0 Å². The monoisotopic (exact) mass is 264 g/mol. The Morgan fingerprint density at radius 2 is 2.39 bits per heavy atom. The number of anilines is 1. The van der Waals surface area contributed by atoms with Gasteiger partial charge < -0.3 is 10.6 Å². The average molecular weight is 264 g/mol. The number of rotatable bonds is 5. The van der Waals surface area contributed by atoms with Crippen LogP contribution in [0.5, 0.6) is 0 Å². The molecule has 0 saturated carbocycles. The Balaban J connectivity index is 1.91. The molecule has 0 aliphatic heterocycles. The molecule has 0 unspecified atom stereocenters. The van der Waals surface area contributed by atoms with E-state index >= 15 is 0 Å². The maximum Gasteiger partial charge on any atom is 0.241 e. The van der Waals surface area contributed by atoms with E-state index in [9.17, 15) is 4.79 Å². The van der Waals surface area contributed by atoms with Crippen LogP contribution in [0.15, 0.2) is 23.8 Å². The number of hydrogen-bond donors (Lipinski definition) is 2. The zero-order valence-electron chi connectivity index (χ0n) is 10.4. The molecule has 6 heteroatoms. The maximum absolute atomic E-state index is 11.2. The fourth-order valence-corrected chi connectivity index (χ4v) is 2.38. The Bertz CT molecular complexity index is 532. The van der Waals surface area contributed by atoms with Crippen LogP contribution in [0.25, 0.3) is 0 Å². The molecule has 0 fully saturated rings. The van der Waals surface area contributed by atoms with E-state index in [1.165, 1.54) is 10.4 Å². The van der Waals surface area contributed by atoms with Gasteiger partial charge in [0.25, 0.3) is 0 Å². The van der Waals surface area contributed by atoms with Crippen LogP contribution in [0, 0.1) is 6.92 Å². The van der Waals surface area contributed by atoms with Crippen molar-refractivity contribution in [3.63, 3.8) is 0 Å². The molecular weight excluding hydrogens is 248 g/mol. The number of aryl methyl sites for hydroxylation is 1. The first-order valence-electron chi connectivity index (χ1n) is 5.69. The Kier molecular flexibility index (Phi) is 3.99. The summed E-state index contributed by atoms with van der Waals surface area (Å²) < 4.78 is 1.61. The van der Waals surface area contributed by atoms with Gasteiger partial charge >= 0.3 is 0 Å². The summed E-state index contributed by atoms with van der Waals surface area (Å²) in [6, 6.07) is 2.11. The molecular formula is C12H16N4OS. The number of aromatic nitrogens is 2. The van der Waals surface area contributed by atoms with Gasteiger partial charge in [-0.15, -0.1) is 11.3 Å². The van der Waals surface area contributed by atoms with Gasteiger partial charge in [-0.05, 0) is 23.9 Å². The van der Waals surface area contributed by atoms with E-state index in [1.54, 1.807) is 29.3 Å². The Labute approximate surface area is 110 Å². The SMILES string of the molecule is CNC(=O)Cn1cc(NCc2sccc2C)cn1. The van der Waals surface area contributed by atoms with Crippen molar-refractivity contribution in [1.82, 2.24) is 15.1 Å². The second kappa shape index (κ2) is 5.68. The molecule has 2 heterocycles. The van der Waals surface area contributed by atoms with Crippen LogP contribution in [0.4, 0.5) is 5.69 Å². The zero-order valence-corrected chi connectivity index (χ0v) is 11.3. The minimum absolute atomic E-state index is 0.0567. The average Bonchev–Trinajstić information content (AvgIpc) is 2.96. The molecule has 18 heavy (non-hydrogen) atoms.